The van der Waals surface area contributed by atoms with E-state index < -0.39 is 12.1 Å². The van der Waals surface area contributed by atoms with Gasteiger partial charge in [-0.1, -0.05) is 266 Å². The summed E-state index contributed by atoms with van der Waals surface area (Å²) in [6.07, 6.45) is 74.6. The molecule has 0 aliphatic carbocycles. The summed E-state index contributed by atoms with van der Waals surface area (Å²) in [5.41, 5.74) is 0. The lowest BCUT2D eigenvalue weighted by molar-refractivity contribution is -0.122. The van der Waals surface area contributed by atoms with Crippen LogP contribution >= 0.6 is 0 Å². The summed E-state index contributed by atoms with van der Waals surface area (Å²) in [6, 6.07) is -0.669. The summed E-state index contributed by atoms with van der Waals surface area (Å²) in [5.74, 6) is -0.147. The zero-order chi connectivity index (χ0) is 43.5. The van der Waals surface area contributed by atoms with Gasteiger partial charge in [-0.15, -0.1) is 0 Å². The molecule has 0 aliphatic heterocycles. The molecule has 3 N–H and O–H groups in total. The number of unbranched alkanes of at least 4 members (excludes halogenated alkanes) is 27. The second-order valence-electron chi connectivity index (χ2n) is 17.2. The minimum atomic E-state index is -0.876. The topological polar surface area (TPSA) is 69.6 Å². The van der Waals surface area contributed by atoms with Crippen LogP contribution in [0.4, 0.5) is 0 Å². The highest BCUT2D eigenvalue weighted by Gasteiger charge is 2.17. The molecular weight excluding hydrogens is 735 g/mol. The third-order valence-corrected chi connectivity index (χ3v) is 11.4. The number of rotatable bonds is 46. The van der Waals surface area contributed by atoms with Crippen LogP contribution in [0.5, 0.6) is 0 Å². The SMILES string of the molecule is CC/C=C\C/C=C\C/C=C\C/C=C\C/C=C\C/C=C\CCC(=O)NC(CO)C(O)/C=C/CCCCCCCCCCCCCCCCCCCCCCCCCCCCC. The lowest BCUT2D eigenvalue weighted by atomic mass is 10.0. The van der Waals surface area contributed by atoms with Crippen molar-refractivity contribution in [2.45, 2.75) is 257 Å². The molecule has 0 saturated carbocycles. The van der Waals surface area contributed by atoms with Gasteiger partial charge in [-0.25, -0.2) is 0 Å². The summed E-state index contributed by atoms with van der Waals surface area (Å²) in [4.78, 5) is 12.4. The maximum atomic E-state index is 12.4. The van der Waals surface area contributed by atoms with Crippen molar-refractivity contribution in [1.29, 1.82) is 0 Å². The minimum Gasteiger partial charge on any atom is -0.394 e. The zero-order valence-corrected chi connectivity index (χ0v) is 39.7. The highest BCUT2D eigenvalue weighted by Crippen LogP contribution is 2.16. The predicted molar refractivity (Wildman–Crippen MR) is 267 cm³/mol. The van der Waals surface area contributed by atoms with Crippen LogP contribution < -0.4 is 5.32 Å². The Morgan fingerprint density at radius 3 is 1.07 bits per heavy atom. The molecule has 0 heterocycles. The fraction of sp³-hybridized carbons (Fsp3) is 0.732. The summed E-state index contributed by atoms with van der Waals surface area (Å²) >= 11 is 0. The normalized spacial score (nSPS) is 13.6. The number of hydrogen-bond acceptors (Lipinski definition) is 3. The van der Waals surface area contributed by atoms with Crippen LogP contribution in [0.3, 0.4) is 0 Å². The molecule has 0 aromatic heterocycles. The lowest BCUT2D eigenvalue weighted by Crippen LogP contribution is -2.45. The van der Waals surface area contributed by atoms with Gasteiger partial charge in [0.1, 0.15) is 0 Å². The first-order valence-corrected chi connectivity index (χ1v) is 25.8. The smallest absolute Gasteiger partial charge is 0.220 e. The maximum absolute atomic E-state index is 12.4. The second-order valence-corrected chi connectivity index (χ2v) is 17.2. The maximum Gasteiger partial charge on any atom is 0.220 e. The number of hydrogen-bond donors (Lipinski definition) is 3. The Labute approximate surface area is 373 Å². The summed E-state index contributed by atoms with van der Waals surface area (Å²) in [6.45, 7) is 4.17. The van der Waals surface area contributed by atoms with Gasteiger partial charge in [0.2, 0.25) is 5.91 Å². The fourth-order valence-corrected chi connectivity index (χ4v) is 7.50. The molecule has 4 nitrogen and oxygen atoms in total. The van der Waals surface area contributed by atoms with Gasteiger partial charge in [-0.2, -0.15) is 0 Å². The quantitative estimate of drug-likeness (QED) is 0.0423. The van der Waals surface area contributed by atoms with E-state index in [4.69, 9.17) is 0 Å². The molecule has 0 rings (SSSR count). The van der Waals surface area contributed by atoms with Crippen molar-refractivity contribution < 1.29 is 15.0 Å². The molecule has 4 heteroatoms. The highest BCUT2D eigenvalue weighted by atomic mass is 16.3. The van der Waals surface area contributed by atoms with Gasteiger partial charge < -0.3 is 15.5 Å². The first-order chi connectivity index (χ1) is 29.7. The van der Waals surface area contributed by atoms with Gasteiger partial charge in [-0.05, 0) is 57.8 Å². The molecule has 0 spiro atoms. The Morgan fingerprint density at radius 1 is 0.417 bits per heavy atom. The number of allylic oxidation sites excluding steroid dienone is 13. The van der Waals surface area contributed by atoms with E-state index in [9.17, 15) is 15.0 Å². The van der Waals surface area contributed by atoms with E-state index in [2.05, 4.69) is 86.0 Å². The Hall–Kier alpha value is -2.43. The Morgan fingerprint density at radius 2 is 0.733 bits per heavy atom. The second kappa shape index (κ2) is 50.9. The number of aliphatic hydroxyl groups is 2. The van der Waals surface area contributed by atoms with Crippen molar-refractivity contribution >= 4 is 5.91 Å². The number of nitrogens with one attached hydrogen (secondary N) is 1. The minimum absolute atomic E-state index is 0.147. The van der Waals surface area contributed by atoms with Gasteiger partial charge in [-0.3, -0.25) is 4.79 Å². The average molecular weight is 834 g/mol. The zero-order valence-electron chi connectivity index (χ0n) is 39.7. The fourth-order valence-electron chi connectivity index (χ4n) is 7.50. The molecular formula is C56H99NO3. The highest BCUT2D eigenvalue weighted by molar-refractivity contribution is 5.76. The van der Waals surface area contributed by atoms with Crippen LogP contribution in [-0.2, 0) is 4.79 Å². The van der Waals surface area contributed by atoms with Gasteiger partial charge >= 0.3 is 0 Å². The first-order valence-electron chi connectivity index (χ1n) is 25.8. The predicted octanol–water partition coefficient (Wildman–Crippen LogP) is 16.8. The molecule has 2 atom stereocenters. The number of carbonyl (C=O) groups excluding carboxylic acids is 1. The van der Waals surface area contributed by atoms with Crippen LogP contribution in [0.1, 0.15) is 245 Å². The van der Waals surface area contributed by atoms with Crippen molar-refractivity contribution in [3.05, 3.63) is 85.1 Å². The largest absolute Gasteiger partial charge is 0.394 e. The van der Waals surface area contributed by atoms with Crippen molar-refractivity contribution in [3.8, 4) is 0 Å². The molecule has 1 amide bonds. The average Bonchev–Trinajstić information content (AvgIpc) is 3.25. The monoisotopic (exact) mass is 834 g/mol. The van der Waals surface area contributed by atoms with Gasteiger partial charge in [0.15, 0.2) is 0 Å². The van der Waals surface area contributed by atoms with Crippen LogP contribution in [0.2, 0.25) is 0 Å². The van der Waals surface area contributed by atoms with Gasteiger partial charge in [0.05, 0.1) is 18.8 Å². The van der Waals surface area contributed by atoms with Crippen molar-refractivity contribution in [2.24, 2.45) is 0 Å². The number of carbonyl (C=O) groups is 1. The summed E-state index contributed by atoms with van der Waals surface area (Å²) in [5, 5.41) is 23.0. The lowest BCUT2D eigenvalue weighted by Gasteiger charge is -2.19. The Bertz CT molecular complexity index is 1080. The molecule has 60 heavy (non-hydrogen) atoms. The van der Waals surface area contributed by atoms with E-state index >= 15 is 0 Å². The molecule has 346 valence electrons. The van der Waals surface area contributed by atoms with E-state index in [1.807, 2.05) is 12.2 Å². The van der Waals surface area contributed by atoms with Crippen molar-refractivity contribution in [3.63, 3.8) is 0 Å². The van der Waals surface area contributed by atoms with Crippen molar-refractivity contribution in [2.75, 3.05) is 6.61 Å². The number of amides is 1. The molecule has 0 fully saturated rings. The van der Waals surface area contributed by atoms with E-state index in [0.29, 0.717) is 12.8 Å². The third-order valence-electron chi connectivity index (χ3n) is 11.4. The van der Waals surface area contributed by atoms with Crippen LogP contribution in [0.15, 0.2) is 85.1 Å². The molecule has 0 aliphatic rings. The molecule has 0 aromatic rings. The van der Waals surface area contributed by atoms with Crippen LogP contribution in [-0.4, -0.2) is 34.9 Å². The molecule has 0 aromatic carbocycles. The first kappa shape index (κ1) is 57.6. The van der Waals surface area contributed by atoms with E-state index in [0.717, 1.165) is 51.4 Å². The van der Waals surface area contributed by atoms with Crippen LogP contribution in [0, 0.1) is 0 Å². The van der Waals surface area contributed by atoms with E-state index in [1.165, 1.54) is 167 Å². The van der Waals surface area contributed by atoms with Crippen molar-refractivity contribution in [1.82, 2.24) is 5.32 Å². The molecule has 0 saturated heterocycles. The molecule has 2 unspecified atom stereocenters. The van der Waals surface area contributed by atoms with Gasteiger partial charge in [0, 0.05) is 6.42 Å². The summed E-state index contributed by atoms with van der Waals surface area (Å²) < 4.78 is 0. The summed E-state index contributed by atoms with van der Waals surface area (Å²) in [7, 11) is 0. The standard InChI is InChI=1S/C56H99NO3/c1-3-5-7-9-11-13-15-17-19-21-23-24-25-26-27-28-29-30-31-32-34-35-37-39-41-43-45-47-49-51-55(59)54(53-58)57-56(60)52-50-48-46-44-42-40-38-36-33-22-20-18-16-14-12-10-8-6-4-2/h6,8,12,14,18,20,33,36,40,42,46,48-49,51,54-55,58-59H,3-5,7,9-11,13,15-17,19,21-32,34-35,37-39,41,43-45,47,50,52-53H2,1-2H3,(H,57,60)/b8-6-,14-12-,20-18-,36-33-,42-40-,48-46-,51-49+. The number of aliphatic hydroxyl groups excluding tert-OH is 2. The van der Waals surface area contributed by atoms with Crippen LogP contribution in [0.25, 0.3) is 0 Å². The van der Waals surface area contributed by atoms with Gasteiger partial charge in [0.25, 0.3) is 0 Å². The molecule has 0 radical (unpaired) electrons. The Balaban J connectivity index is 3.59. The third kappa shape index (κ3) is 46.6. The van der Waals surface area contributed by atoms with E-state index in [-0.39, 0.29) is 12.5 Å². The Kier molecular flexibility index (Phi) is 48.9. The molecule has 0 bridgehead atoms. The van der Waals surface area contributed by atoms with E-state index in [1.54, 1.807) is 6.08 Å².